The average Bonchev–Trinajstić information content (AvgIpc) is 3.03. The Kier molecular flexibility index (Phi) is 4.24. The first-order chi connectivity index (χ1) is 13.0. The van der Waals surface area contributed by atoms with Crippen molar-refractivity contribution in [2.75, 3.05) is 6.61 Å². The minimum absolute atomic E-state index is 0.0399. The highest BCUT2D eigenvalue weighted by Crippen LogP contribution is 2.78. The Morgan fingerprint density at radius 3 is 2.61 bits per heavy atom. The number of Topliss-reactive ketones (excluding diaryl/α,β-unsaturated/α-hetero) is 1. The molecule has 1 spiro atoms. The lowest BCUT2D eigenvalue weighted by Crippen LogP contribution is -2.74. The van der Waals surface area contributed by atoms with Gasteiger partial charge in [-0.2, -0.15) is 0 Å². The van der Waals surface area contributed by atoms with Gasteiger partial charge >= 0.3 is 5.97 Å². The van der Waals surface area contributed by atoms with Gasteiger partial charge in [-0.05, 0) is 42.9 Å². The van der Waals surface area contributed by atoms with Gasteiger partial charge in [0.05, 0.1) is 6.10 Å². The third-order valence-corrected chi connectivity index (χ3v) is 9.63. The summed E-state index contributed by atoms with van der Waals surface area (Å²) >= 11 is 0. The molecule has 5 aliphatic carbocycles. The van der Waals surface area contributed by atoms with Crippen LogP contribution in [0.25, 0.3) is 0 Å². The number of aliphatic hydroxyl groups is 2. The topological polar surface area (TPSA) is 83.8 Å². The summed E-state index contributed by atoms with van der Waals surface area (Å²) in [4.78, 5) is 25.3. The number of ketones is 1. The van der Waals surface area contributed by atoms with Crippen molar-refractivity contribution in [2.24, 2.45) is 39.4 Å². The molecule has 156 valence electrons. The summed E-state index contributed by atoms with van der Waals surface area (Å²) in [6.45, 7) is 11.8. The molecule has 0 heterocycles. The summed E-state index contributed by atoms with van der Waals surface area (Å²) in [5, 5.41) is 20.8. The number of ether oxygens (including phenoxy) is 1. The van der Waals surface area contributed by atoms with Crippen molar-refractivity contribution in [2.45, 2.75) is 72.0 Å². The molecular formula is C23H34O5. The Balaban J connectivity index is 1.93. The molecular weight excluding hydrogens is 356 g/mol. The van der Waals surface area contributed by atoms with Crippen molar-refractivity contribution in [1.82, 2.24) is 0 Å². The second-order valence-corrected chi connectivity index (χ2v) is 10.7. The summed E-state index contributed by atoms with van der Waals surface area (Å²) in [5.41, 5.74) is -1.59. The van der Waals surface area contributed by atoms with Crippen LogP contribution < -0.4 is 0 Å². The number of carbonyl (C=O) groups is 2. The lowest BCUT2D eigenvalue weighted by atomic mass is 9.33. The molecule has 0 aromatic carbocycles. The predicted octanol–water partition coefficient (Wildman–Crippen LogP) is 2.89. The summed E-state index contributed by atoms with van der Waals surface area (Å²) in [6, 6.07) is 0. The molecule has 0 aromatic heterocycles. The zero-order valence-electron chi connectivity index (χ0n) is 17.5. The van der Waals surface area contributed by atoms with E-state index in [4.69, 9.17) is 4.74 Å². The Morgan fingerprint density at radius 2 is 2.00 bits per heavy atom. The van der Waals surface area contributed by atoms with Crippen molar-refractivity contribution in [3.05, 3.63) is 12.7 Å². The molecule has 5 fully saturated rings. The van der Waals surface area contributed by atoms with Gasteiger partial charge in [-0.15, -0.1) is 6.58 Å². The first-order valence-corrected chi connectivity index (χ1v) is 10.7. The Bertz CT molecular complexity index is 733. The van der Waals surface area contributed by atoms with Gasteiger partial charge in [0.25, 0.3) is 0 Å². The summed E-state index contributed by atoms with van der Waals surface area (Å²) in [6.07, 6.45) is 4.70. The van der Waals surface area contributed by atoms with Crippen LogP contribution in [0.4, 0.5) is 0 Å². The molecule has 9 unspecified atom stereocenters. The highest BCUT2D eigenvalue weighted by Gasteiger charge is 2.79. The Labute approximate surface area is 167 Å². The molecule has 0 aromatic rings. The van der Waals surface area contributed by atoms with Crippen LogP contribution in [0.2, 0.25) is 0 Å². The highest BCUT2D eigenvalue weighted by molar-refractivity contribution is 5.86. The van der Waals surface area contributed by atoms with E-state index in [2.05, 4.69) is 27.4 Å². The number of hydrogen-bond acceptors (Lipinski definition) is 5. The van der Waals surface area contributed by atoms with Gasteiger partial charge in [0.2, 0.25) is 0 Å². The molecule has 0 saturated heterocycles. The van der Waals surface area contributed by atoms with Gasteiger partial charge in [0.15, 0.2) is 0 Å². The SMILES string of the molecule is C=CC1(C)CC2(C)C3CCC4(CCC(=O)C4C3(C)C2OC(=O)CO)C(C)C1O. The van der Waals surface area contributed by atoms with Gasteiger partial charge in [-0.1, -0.05) is 33.8 Å². The van der Waals surface area contributed by atoms with E-state index >= 15 is 0 Å². The van der Waals surface area contributed by atoms with Crippen LogP contribution >= 0.6 is 0 Å². The Morgan fingerprint density at radius 1 is 1.32 bits per heavy atom. The quantitative estimate of drug-likeness (QED) is 0.572. The van der Waals surface area contributed by atoms with E-state index in [-0.39, 0.29) is 34.4 Å². The lowest BCUT2D eigenvalue weighted by Gasteiger charge is -2.72. The molecule has 5 rings (SSSR count). The van der Waals surface area contributed by atoms with E-state index in [0.717, 1.165) is 19.3 Å². The van der Waals surface area contributed by atoms with E-state index in [1.165, 1.54) is 0 Å². The number of fused-ring (bicyclic) bond motifs is 4. The summed E-state index contributed by atoms with van der Waals surface area (Å²) < 4.78 is 5.86. The molecule has 4 bridgehead atoms. The maximum Gasteiger partial charge on any atom is 0.332 e. The molecule has 28 heavy (non-hydrogen) atoms. The standard InChI is InChI=1S/C23H34O5/c1-6-20(3)12-21(4)15-8-10-23(13(2)18(20)27)9-7-14(25)17(23)22(15,5)19(21)28-16(26)11-24/h6,13,15,17-19,24,27H,1,7-12H2,2-5H3. The van der Waals surface area contributed by atoms with E-state index < -0.39 is 35.6 Å². The number of hydrogen-bond donors (Lipinski definition) is 2. The molecule has 9 atom stereocenters. The van der Waals surface area contributed by atoms with Crippen LogP contribution in [0.5, 0.6) is 0 Å². The minimum Gasteiger partial charge on any atom is -0.459 e. The largest absolute Gasteiger partial charge is 0.459 e. The van der Waals surface area contributed by atoms with Crippen LogP contribution in [0.3, 0.4) is 0 Å². The maximum atomic E-state index is 13.2. The van der Waals surface area contributed by atoms with Crippen molar-refractivity contribution < 1.29 is 24.5 Å². The van der Waals surface area contributed by atoms with Crippen LogP contribution in [0, 0.1) is 39.4 Å². The van der Waals surface area contributed by atoms with Gasteiger partial charge in [-0.3, -0.25) is 4.79 Å². The fourth-order valence-electron chi connectivity index (χ4n) is 8.67. The molecule has 5 heteroatoms. The first-order valence-electron chi connectivity index (χ1n) is 10.7. The smallest absolute Gasteiger partial charge is 0.332 e. The van der Waals surface area contributed by atoms with Crippen LogP contribution in [-0.4, -0.2) is 40.8 Å². The van der Waals surface area contributed by atoms with Gasteiger partial charge < -0.3 is 14.9 Å². The number of aliphatic hydroxyl groups excluding tert-OH is 2. The first kappa shape index (κ1) is 20.1. The molecule has 5 saturated carbocycles. The molecule has 2 N–H and O–H groups in total. The van der Waals surface area contributed by atoms with Crippen molar-refractivity contribution in [3.8, 4) is 0 Å². The molecule has 5 nitrogen and oxygen atoms in total. The third kappa shape index (κ3) is 2.10. The number of rotatable bonds is 3. The number of carbonyl (C=O) groups excluding carboxylic acids is 2. The van der Waals surface area contributed by atoms with Gasteiger partial charge in [0.1, 0.15) is 18.5 Å². The van der Waals surface area contributed by atoms with E-state index in [9.17, 15) is 19.8 Å². The van der Waals surface area contributed by atoms with Crippen molar-refractivity contribution in [1.29, 1.82) is 0 Å². The number of esters is 1. The molecule has 0 amide bonds. The lowest BCUT2D eigenvalue weighted by molar-refractivity contribution is -0.294. The molecule has 0 radical (unpaired) electrons. The minimum atomic E-state index is -0.658. The summed E-state index contributed by atoms with van der Waals surface area (Å²) in [5.74, 6) is -0.387. The van der Waals surface area contributed by atoms with E-state index in [1.807, 2.05) is 13.0 Å². The van der Waals surface area contributed by atoms with Crippen LogP contribution in [-0.2, 0) is 14.3 Å². The monoisotopic (exact) mass is 390 g/mol. The van der Waals surface area contributed by atoms with Gasteiger partial charge in [-0.25, -0.2) is 4.79 Å². The maximum absolute atomic E-state index is 13.2. The van der Waals surface area contributed by atoms with Crippen molar-refractivity contribution in [3.63, 3.8) is 0 Å². The normalized spacial score (nSPS) is 54.8. The zero-order valence-corrected chi connectivity index (χ0v) is 17.5. The van der Waals surface area contributed by atoms with Gasteiger partial charge in [0, 0.05) is 28.6 Å². The second kappa shape index (κ2) is 5.91. The summed E-state index contributed by atoms with van der Waals surface area (Å²) in [7, 11) is 0. The van der Waals surface area contributed by atoms with Crippen molar-refractivity contribution >= 4 is 11.8 Å². The van der Waals surface area contributed by atoms with E-state index in [1.54, 1.807) is 0 Å². The predicted molar refractivity (Wildman–Crippen MR) is 104 cm³/mol. The fourth-order valence-corrected chi connectivity index (χ4v) is 8.67. The molecule has 0 aliphatic heterocycles. The second-order valence-electron chi connectivity index (χ2n) is 10.7. The fraction of sp³-hybridized carbons (Fsp3) is 0.826. The highest BCUT2D eigenvalue weighted by atomic mass is 16.6. The Hall–Kier alpha value is -1.20. The zero-order chi connectivity index (χ0) is 20.7. The average molecular weight is 391 g/mol. The molecule has 5 aliphatic rings. The van der Waals surface area contributed by atoms with Crippen LogP contribution in [0.1, 0.15) is 59.8 Å². The van der Waals surface area contributed by atoms with E-state index in [0.29, 0.717) is 12.8 Å². The third-order valence-electron chi connectivity index (χ3n) is 9.63. The van der Waals surface area contributed by atoms with Crippen LogP contribution in [0.15, 0.2) is 12.7 Å².